The van der Waals surface area contributed by atoms with E-state index in [9.17, 15) is 0 Å². The van der Waals surface area contributed by atoms with E-state index in [0.717, 1.165) is 11.3 Å². The van der Waals surface area contributed by atoms with E-state index < -0.39 is 0 Å². The van der Waals surface area contributed by atoms with E-state index in [1.54, 1.807) is 6.20 Å². The second-order valence-electron chi connectivity index (χ2n) is 2.71. The fourth-order valence-corrected chi connectivity index (χ4v) is 1.03. The van der Waals surface area contributed by atoms with E-state index in [2.05, 4.69) is 15.2 Å². The molecule has 2 heterocycles. The number of H-pyrrole nitrogens is 1. The van der Waals surface area contributed by atoms with Crippen LogP contribution in [0.2, 0.25) is 0 Å². The lowest BCUT2D eigenvalue weighted by molar-refractivity contribution is 1.09. The Balaban J connectivity index is 0.000000461. The van der Waals surface area contributed by atoms with Crippen LogP contribution in [0.3, 0.4) is 0 Å². The van der Waals surface area contributed by atoms with Gasteiger partial charge in [-0.15, -0.1) is 0 Å². The Morgan fingerprint density at radius 2 is 1.93 bits per heavy atom. The van der Waals surface area contributed by atoms with Gasteiger partial charge in [-0.1, -0.05) is 19.9 Å². The fourth-order valence-electron chi connectivity index (χ4n) is 1.03. The van der Waals surface area contributed by atoms with Crippen molar-refractivity contribution < 1.29 is 0 Å². The molecule has 0 amide bonds. The molecule has 2 aromatic heterocycles. The zero-order chi connectivity index (χ0) is 10.4. The van der Waals surface area contributed by atoms with Gasteiger partial charge >= 0.3 is 0 Å². The SMILES string of the molecule is CC.Cc1ccc(-c2cn[nH]c2)nc1. The van der Waals surface area contributed by atoms with Gasteiger partial charge in [0, 0.05) is 18.0 Å². The molecule has 0 bridgehead atoms. The molecular formula is C11H15N3. The summed E-state index contributed by atoms with van der Waals surface area (Å²) in [5.41, 5.74) is 3.14. The molecule has 0 aliphatic heterocycles. The number of hydrogen-bond donors (Lipinski definition) is 1. The number of hydrogen-bond acceptors (Lipinski definition) is 2. The summed E-state index contributed by atoms with van der Waals surface area (Å²) in [5, 5.41) is 6.61. The molecule has 74 valence electrons. The molecular weight excluding hydrogens is 174 g/mol. The Kier molecular flexibility index (Phi) is 3.85. The van der Waals surface area contributed by atoms with E-state index in [0.29, 0.717) is 0 Å². The van der Waals surface area contributed by atoms with Crippen molar-refractivity contribution in [1.82, 2.24) is 15.2 Å². The number of pyridine rings is 1. The van der Waals surface area contributed by atoms with Crippen LogP contribution in [0.15, 0.2) is 30.7 Å². The summed E-state index contributed by atoms with van der Waals surface area (Å²) >= 11 is 0. The third-order valence-corrected chi connectivity index (χ3v) is 1.71. The molecule has 3 heteroatoms. The zero-order valence-corrected chi connectivity index (χ0v) is 8.78. The topological polar surface area (TPSA) is 41.6 Å². The largest absolute Gasteiger partial charge is 0.285 e. The molecule has 0 unspecified atom stereocenters. The van der Waals surface area contributed by atoms with Gasteiger partial charge < -0.3 is 0 Å². The monoisotopic (exact) mass is 189 g/mol. The second-order valence-corrected chi connectivity index (χ2v) is 2.71. The first-order chi connectivity index (χ1) is 6.86. The molecule has 0 atom stereocenters. The average Bonchev–Trinajstić information content (AvgIpc) is 2.75. The molecule has 0 aromatic carbocycles. The van der Waals surface area contributed by atoms with E-state index in [-0.39, 0.29) is 0 Å². The maximum Gasteiger partial charge on any atom is 0.0733 e. The highest BCUT2D eigenvalue weighted by Crippen LogP contribution is 2.13. The molecule has 0 spiro atoms. The van der Waals surface area contributed by atoms with Crippen LogP contribution in [0.5, 0.6) is 0 Å². The Bertz CT molecular complexity index is 349. The van der Waals surface area contributed by atoms with Crippen molar-refractivity contribution >= 4 is 0 Å². The average molecular weight is 189 g/mol. The predicted octanol–water partition coefficient (Wildman–Crippen LogP) is 2.81. The smallest absolute Gasteiger partial charge is 0.0733 e. The minimum absolute atomic E-state index is 0.953. The minimum atomic E-state index is 0.953. The fraction of sp³-hybridized carbons (Fsp3) is 0.273. The highest BCUT2D eigenvalue weighted by atomic mass is 15.1. The van der Waals surface area contributed by atoms with Crippen LogP contribution >= 0.6 is 0 Å². The van der Waals surface area contributed by atoms with E-state index in [1.807, 2.05) is 45.3 Å². The minimum Gasteiger partial charge on any atom is -0.285 e. The van der Waals surface area contributed by atoms with Gasteiger partial charge in [0.1, 0.15) is 0 Å². The lowest BCUT2D eigenvalue weighted by Gasteiger charge is -1.95. The zero-order valence-electron chi connectivity index (χ0n) is 8.78. The van der Waals surface area contributed by atoms with Gasteiger partial charge in [0.15, 0.2) is 0 Å². The van der Waals surface area contributed by atoms with E-state index in [4.69, 9.17) is 0 Å². The summed E-state index contributed by atoms with van der Waals surface area (Å²) in [6.07, 6.45) is 5.44. The Labute approximate surface area is 84.2 Å². The van der Waals surface area contributed by atoms with Gasteiger partial charge in [-0.25, -0.2) is 0 Å². The van der Waals surface area contributed by atoms with Gasteiger partial charge in [0.05, 0.1) is 11.9 Å². The summed E-state index contributed by atoms with van der Waals surface area (Å²) in [6.45, 7) is 6.02. The van der Waals surface area contributed by atoms with Crippen molar-refractivity contribution in [1.29, 1.82) is 0 Å². The molecule has 1 N–H and O–H groups in total. The van der Waals surface area contributed by atoms with E-state index in [1.165, 1.54) is 5.56 Å². The number of aryl methyl sites for hydroxylation is 1. The standard InChI is InChI=1S/C9H9N3.C2H6/c1-7-2-3-9(10-4-7)8-5-11-12-6-8;1-2/h2-6H,1H3,(H,11,12);1-2H3. The van der Waals surface area contributed by atoms with Gasteiger partial charge in [0.2, 0.25) is 0 Å². The maximum absolute atomic E-state index is 4.26. The third kappa shape index (κ3) is 2.42. The number of aromatic nitrogens is 3. The first-order valence-corrected chi connectivity index (χ1v) is 4.78. The maximum atomic E-state index is 4.26. The summed E-state index contributed by atoms with van der Waals surface area (Å²) in [7, 11) is 0. The van der Waals surface area contributed by atoms with Crippen LogP contribution in [0, 0.1) is 6.92 Å². The number of nitrogens with zero attached hydrogens (tertiary/aromatic N) is 2. The van der Waals surface area contributed by atoms with Crippen LogP contribution < -0.4 is 0 Å². The summed E-state index contributed by atoms with van der Waals surface area (Å²) in [4.78, 5) is 4.26. The van der Waals surface area contributed by atoms with Gasteiger partial charge in [-0.3, -0.25) is 10.1 Å². The van der Waals surface area contributed by atoms with Crippen LogP contribution in [0.1, 0.15) is 19.4 Å². The molecule has 2 rings (SSSR count). The first kappa shape index (κ1) is 10.4. The number of aromatic amines is 1. The predicted molar refractivity (Wildman–Crippen MR) is 57.9 cm³/mol. The number of rotatable bonds is 1. The van der Waals surface area contributed by atoms with Crippen molar-refractivity contribution in [3.8, 4) is 11.3 Å². The molecule has 0 saturated carbocycles. The molecule has 2 aromatic rings. The number of nitrogens with one attached hydrogen (secondary N) is 1. The molecule has 0 fully saturated rings. The van der Waals surface area contributed by atoms with Gasteiger partial charge in [-0.05, 0) is 18.6 Å². The Hall–Kier alpha value is -1.64. The van der Waals surface area contributed by atoms with Crippen LogP contribution in [-0.2, 0) is 0 Å². The van der Waals surface area contributed by atoms with Crippen molar-refractivity contribution in [3.05, 3.63) is 36.3 Å². The highest BCUT2D eigenvalue weighted by molar-refractivity contribution is 5.56. The van der Waals surface area contributed by atoms with Gasteiger partial charge in [0.25, 0.3) is 0 Å². The molecule has 0 aliphatic rings. The van der Waals surface area contributed by atoms with E-state index >= 15 is 0 Å². The Morgan fingerprint density at radius 3 is 2.43 bits per heavy atom. The van der Waals surface area contributed by atoms with Crippen molar-refractivity contribution in [2.24, 2.45) is 0 Å². The third-order valence-electron chi connectivity index (χ3n) is 1.71. The molecule has 0 saturated heterocycles. The lowest BCUT2D eigenvalue weighted by Crippen LogP contribution is -1.80. The van der Waals surface area contributed by atoms with Gasteiger partial charge in [-0.2, -0.15) is 5.10 Å². The summed E-state index contributed by atoms with van der Waals surface area (Å²) in [6, 6.07) is 4.02. The quantitative estimate of drug-likeness (QED) is 0.749. The van der Waals surface area contributed by atoms with Crippen LogP contribution in [-0.4, -0.2) is 15.2 Å². The van der Waals surface area contributed by atoms with Crippen LogP contribution in [0.25, 0.3) is 11.3 Å². The molecule has 3 nitrogen and oxygen atoms in total. The molecule has 14 heavy (non-hydrogen) atoms. The van der Waals surface area contributed by atoms with Crippen molar-refractivity contribution in [3.63, 3.8) is 0 Å². The van der Waals surface area contributed by atoms with Crippen molar-refractivity contribution in [2.45, 2.75) is 20.8 Å². The molecule has 0 radical (unpaired) electrons. The summed E-state index contributed by atoms with van der Waals surface area (Å²) in [5.74, 6) is 0. The van der Waals surface area contributed by atoms with Crippen molar-refractivity contribution in [2.75, 3.05) is 0 Å². The lowest BCUT2D eigenvalue weighted by atomic mass is 10.2. The van der Waals surface area contributed by atoms with Crippen LogP contribution in [0.4, 0.5) is 0 Å². The summed E-state index contributed by atoms with van der Waals surface area (Å²) < 4.78 is 0. The highest BCUT2D eigenvalue weighted by Gasteiger charge is 1.97. The second kappa shape index (κ2) is 5.17. The molecule has 0 aliphatic carbocycles. The first-order valence-electron chi connectivity index (χ1n) is 4.78. The Morgan fingerprint density at radius 1 is 1.14 bits per heavy atom. The normalized spacial score (nSPS) is 9.07.